The smallest absolute Gasteiger partial charge is 0.308 e. The van der Waals surface area contributed by atoms with Crippen LogP contribution < -0.4 is 5.32 Å². The molecule has 220 valence electrons. The molecule has 0 aliphatic carbocycles. The van der Waals surface area contributed by atoms with E-state index in [4.69, 9.17) is 4.74 Å². The van der Waals surface area contributed by atoms with Gasteiger partial charge in [0.1, 0.15) is 11.9 Å². The number of para-hydroxylation sites is 1. The number of carbonyl (C=O) groups is 2. The number of rotatable bonds is 8. The second-order valence-electron chi connectivity index (χ2n) is 10.5. The van der Waals surface area contributed by atoms with Crippen LogP contribution >= 0.6 is 0 Å². The summed E-state index contributed by atoms with van der Waals surface area (Å²) in [5, 5.41) is 13.2. The fraction of sp³-hybridized carbons (Fsp3) is 0.314. The molecule has 1 amide bonds. The lowest BCUT2D eigenvalue weighted by atomic mass is 9.94. The summed E-state index contributed by atoms with van der Waals surface area (Å²) < 4.78 is 21.7. The van der Waals surface area contributed by atoms with Gasteiger partial charge in [-0.05, 0) is 53.4 Å². The fourth-order valence-corrected chi connectivity index (χ4v) is 5.52. The van der Waals surface area contributed by atoms with E-state index in [-0.39, 0.29) is 24.1 Å². The Bertz CT molecular complexity index is 1480. The number of anilines is 1. The number of cyclic esters (lactones) is 1. The number of carbonyl (C=O) groups excluding carboxylic acids is 2. The lowest BCUT2D eigenvalue weighted by Gasteiger charge is -2.27. The number of benzene rings is 3. The third kappa shape index (κ3) is 6.97. The molecule has 3 aromatic carbocycles. The molecule has 1 saturated heterocycles. The zero-order valence-electron chi connectivity index (χ0n) is 24.6. The van der Waals surface area contributed by atoms with Gasteiger partial charge in [0.05, 0.1) is 23.8 Å². The highest BCUT2D eigenvalue weighted by molar-refractivity contribution is 6.12. The summed E-state index contributed by atoms with van der Waals surface area (Å²) in [5.41, 5.74) is 5.22. The highest BCUT2D eigenvalue weighted by atomic mass is 19.1. The number of esters is 1. The minimum atomic E-state index is -0.732. The van der Waals surface area contributed by atoms with Crippen LogP contribution in [-0.4, -0.2) is 33.8 Å². The molecule has 5 rings (SSSR count). The highest BCUT2D eigenvalue weighted by Gasteiger charge is 2.32. The van der Waals surface area contributed by atoms with Gasteiger partial charge in [0.2, 0.25) is 0 Å². The molecule has 1 aliphatic heterocycles. The molecular formula is C35H39FN2O4. The van der Waals surface area contributed by atoms with Gasteiger partial charge in [0.15, 0.2) is 0 Å². The van der Waals surface area contributed by atoms with E-state index < -0.39 is 18.2 Å². The molecule has 0 saturated carbocycles. The summed E-state index contributed by atoms with van der Waals surface area (Å²) in [6.45, 7) is 8.51. The van der Waals surface area contributed by atoms with Crippen LogP contribution in [0.1, 0.15) is 68.9 Å². The highest BCUT2D eigenvalue weighted by Crippen LogP contribution is 2.42. The minimum Gasteiger partial charge on any atom is -0.462 e. The molecule has 1 fully saturated rings. The Kier molecular flexibility index (Phi) is 10.3. The summed E-state index contributed by atoms with van der Waals surface area (Å²) >= 11 is 0. The van der Waals surface area contributed by atoms with Crippen molar-refractivity contribution in [3.8, 4) is 22.4 Å². The number of ether oxygens (including phenoxy) is 1. The first-order valence-corrected chi connectivity index (χ1v) is 14.6. The van der Waals surface area contributed by atoms with E-state index in [0.29, 0.717) is 30.6 Å². The molecule has 2 N–H and O–H groups in total. The monoisotopic (exact) mass is 570 g/mol. The number of nitrogens with one attached hydrogen (secondary N) is 1. The van der Waals surface area contributed by atoms with Gasteiger partial charge in [-0.1, -0.05) is 76.2 Å². The van der Waals surface area contributed by atoms with Crippen LogP contribution in [0.2, 0.25) is 0 Å². The van der Waals surface area contributed by atoms with Crippen LogP contribution in [0, 0.1) is 5.82 Å². The number of aliphatic hydroxyl groups excluding tert-OH is 1. The van der Waals surface area contributed by atoms with E-state index in [1.54, 1.807) is 12.1 Å². The van der Waals surface area contributed by atoms with Gasteiger partial charge in [-0.2, -0.15) is 0 Å². The molecule has 2 heterocycles. The lowest BCUT2D eigenvalue weighted by molar-refractivity contribution is -0.160. The van der Waals surface area contributed by atoms with E-state index in [0.717, 1.165) is 28.1 Å². The Morgan fingerprint density at radius 1 is 0.976 bits per heavy atom. The second-order valence-corrected chi connectivity index (χ2v) is 10.5. The maximum atomic E-state index is 14.1. The van der Waals surface area contributed by atoms with E-state index in [9.17, 15) is 19.1 Å². The Morgan fingerprint density at radius 3 is 2.19 bits per heavy atom. The summed E-state index contributed by atoms with van der Waals surface area (Å²) in [6, 6.07) is 25.3. The van der Waals surface area contributed by atoms with Crippen molar-refractivity contribution in [1.82, 2.24) is 4.57 Å². The molecule has 0 radical (unpaired) electrons. The summed E-state index contributed by atoms with van der Waals surface area (Å²) in [6.07, 6.45) is -0.354. The molecule has 1 aliphatic rings. The second kappa shape index (κ2) is 14.1. The number of halogens is 1. The first-order chi connectivity index (χ1) is 20.3. The predicted molar refractivity (Wildman–Crippen MR) is 165 cm³/mol. The Balaban J connectivity index is 0.00000198. The first kappa shape index (κ1) is 30.7. The third-order valence-corrected chi connectivity index (χ3v) is 7.20. The van der Waals surface area contributed by atoms with E-state index in [1.165, 1.54) is 12.1 Å². The standard InChI is InChI=1S/C33H33FN2O4.C2H6/c1-21(2)31-30(33(39)35-25-11-7-4-8-12-25)29(22-9-5-3-6-10-22)32(23-13-15-24(34)16-14-23)36(31)18-17-27-19-26(37)20-28(38)40-27;1-2/h3-16,21,26-27,37H,17-20H2,1-2H3,(H,35,39);1-2H3/t26-,27-;/m1./s1. The molecule has 0 spiro atoms. The lowest BCUT2D eigenvalue weighted by Crippen LogP contribution is -2.33. The maximum absolute atomic E-state index is 14.1. The predicted octanol–water partition coefficient (Wildman–Crippen LogP) is 7.82. The molecule has 1 aromatic heterocycles. The Hall–Kier alpha value is -4.23. The topological polar surface area (TPSA) is 80.6 Å². The average Bonchev–Trinajstić information content (AvgIpc) is 3.34. The SMILES string of the molecule is CC.CC(C)c1c(C(=O)Nc2ccccc2)c(-c2ccccc2)c(-c2ccc(F)cc2)n1CC[C@@H]1C[C@@H](O)CC(=O)O1. The molecular weight excluding hydrogens is 531 g/mol. The van der Waals surface area contributed by atoms with Crippen LogP contribution in [0.25, 0.3) is 22.4 Å². The van der Waals surface area contributed by atoms with Gasteiger partial charge >= 0.3 is 5.97 Å². The number of amides is 1. The van der Waals surface area contributed by atoms with Crippen molar-refractivity contribution in [2.24, 2.45) is 0 Å². The van der Waals surface area contributed by atoms with Gasteiger partial charge < -0.3 is 19.7 Å². The number of nitrogens with zero attached hydrogens (tertiary/aromatic N) is 1. The summed E-state index contributed by atoms with van der Waals surface area (Å²) in [5.74, 6) is -1.05. The van der Waals surface area contributed by atoms with Gasteiger partial charge in [-0.3, -0.25) is 9.59 Å². The first-order valence-electron chi connectivity index (χ1n) is 14.6. The van der Waals surface area contributed by atoms with Crippen molar-refractivity contribution in [2.45, 2.75) is 71.6 Å². The zero-order valence-corrected chi connectivity index (χ0v) is 24.6. The molecule has 0 bridgehead atoms. The van der Waals surface area contributed by atoms with Crippen LogP contribution in [0.5, 0.6) is 0 Å². The molecule has 42 heavy (non-hydrogen) atoms. The van der Waals surface area contributed by atoms with E-state index in [2.05, 4.69) is 9.88 Å². The normalized spacial score (nSPS) is 16.4. The fourth-order valence-electron chi connectivity index (χ4n) is 5.52. The Labute approximate surface area is 247 Å². The minimum absolute atomic E-state index is 0.0000536. The largest absolute Gasteiger partial charge is 0.462 e. The van der Waals surface area contributed by atoms with Crippen molar-refractivity contribution in [2.75, 3.05) is 5.32 Å². The molecule has 4 aromatic rings. The summed E-state index contributed by atoms with van der Waals surface area (Å²) in [4.78, 5) is 26.1. The zero-order chi connectivity index (χ0) is 30.2. The van der Waals surface area contributed by atoms with Crippen LogP contribution in [0.4, 0.5) is 10.1 Å². The van der Waals surface area contributed by atoms with Crippen molar-refractivity contribution in [1.29, 1.82) is 0 Å². The Morgan fingerprint density at radius 2 is 1.60 bits per heavy atom. The van der Waals surface area contributed by atoms with Gasteiger partial charge in [-0.25, -0.2) is 4.39 Å². The maximum Gasteiger partial charge on any atom is 0.308 e. The number of aliphatic hydroxyl groups is 1. The van der Waals surface area contributed by atoms with E-state index >= 15 is 0 Å². The van der Waals surface area contributed by atoms with Crippen molar-refractivity contribution < 1.29 is 23.8 Å². The van der Waals surface area contributed by atoms with E-state index in [1.807, 2.05) is 88.4 Å². The van der Waals surface area contributed by atoms with Gasteiger partial charge in [0, 0.05) is 36.3 Å². The number of hydrogen-bond donors (Lipinski definition) is 2. The summed E-state index contributed by atoms with van der Waals surface area (Å²) in [7, 11) is 0. The number of aromatic nitrogens is 1. The van der Waals surface area contributed by atoms with Crippen molar-refractivity contribution >= 4 is 17.6 Å². The molecule has 6 nitrogen and oxygen atoms in total. The van der Waals surface area contributed by atoms with Gasteiger partial charge in [-0.15, -0.1) is 0 Å². The van der Waals surface area contributed by atoms with Crippen LogP contribution in [-0.2, 0) is 16.1 Å². The average molecular weight is 571 g/mol. The molecule has 0 unspecified atom stereocenters. The van der Waals surface area contributed by atoms with Crippen molar-refractivity contribution in [3.05, 3.63) is 102 Å². The van der Waals surface area contributed by atoms with Crippen molar-refractivity contribution in [3.63, 3.8) is 0 Å². The van der Waals surface area contributed by atoms with Crippen LogP contribution in [0.15, 0.2) is 84.9 Å². The molecule has 7 heteroatoms. The molecule has 2 atom stereocenters. The van der Waals surface area contributed by atoms with Gasteiger partial charge in [0.25, 0.3) is 5.91 Å². The number of hydrogen-bond acceptors (Lipinski definition) is 4. The van der Waals surface area contributed by atoms with Crippen LogP contribution in [0.3, 0.4) is 0 Å². The quantitative estimate of drug-likeness (QED) is 0.212. The third-order valence-electron chi connectivity index (χ3n) is 7.20.